The van der Waals surface area contributed by atoms with Crippen molar-refractivity contribution in [1.82, 2.24) is 4.90 Å². The molecule has 2 bridgehead atoms. The van der Waals surface area contributed by atoms with Crippen LogP contribution in [0.1, 0.15) is 31.7 Å². The molecule has 2 aliphatic heterocycles. The summed E-state index contributed by atoms with van der Waals surface area (Å²) >= 11 is 0. The number of aliphatic imine (C=N–C) groups is 2. The molecule has 0 spiro atoms. The van der Waals surface area contributed by atoms with Crippen LogP contribution in [0.25, 0.3) is 0 Å². The molecule has 2 saturated heterocycles. The van der Waals surface area contributed by atoms with E-state index >= 15 is 0 Å². The molecule has 8 nitrogen and oxygen atoms in total. The van der Waals surface area contributed by atoms with Gasteiger partial charge in [0.25, 0.3) is 0 Å². The van der Waals surface area contributed by atoms with Crippen LogP contribution in [0.2, 0.25) is 0 Å². The van der Waals surface area contributed by atoms with Crippen molar-refractivity contribution in [2.75, 3.05) is 32.7 Å². The van der Waals surface area contributed by atoms with Crippen molar-refractivity contribution < 1.29 is 18.7 Å². The van der Waals surface area contributed by atoms with E-state index in [0.29, 0.717) is 18.1 Å². The van der Waals surface area contributed by atoms with Gasteiger partial charge in [0.15, 0.2) is 5.82 Å². The molecule has 0 aliphatic carbocycles. The molecule has 3 rings (SSSR count). The fourth-order valence-electron chi connectivity index (χ4n) is 4.05. The van der Waals surface area contributed by atoms with Gasteiger partial charge in [-0.2, -0.15) is 0 Å². The van der Waals surface area contributed by atoms with Crippen LogP contribution in [0.4, 0.5) is 14.9 Å². The fourth-order valence-corrected chi connectivity index (χ4v) is 4.05. The maximum absolute atomic E-state index is 14.7. The molecule has 2 heterocycles. The number of hydrogen-bond acceptors (Lipinski definition) is 4. The van der Waals surface area contributed by atoms with Crippen molar-refractivity contribution in [1.29, 1.82) is 0 Å². The zero-order valence-electron chi connectivity index (χ0n) is 17.0. The van der Waals surface area contributed by atoms with E-state index in [0.717, 1.165) is 19.3 Å². The molecular weight excluding hydrogens is 377 g/mol. The molecule has 2 unspecified atom stereocenters. The Morgan fingerprint density at radius 3 is 2.72 bits per heavy atom. The van der Waals surface area contributed by atoms with Crippen LogP contribution < -0.4 is 15.8 Å². The third-order valence-corrected chi connectivity index (χ3v) is 5.36. The van der Waals surface area contributed by atoms with E-state index in [1.807, 2.05) is 4.90 Å². The number of nitrogens with one attached hydrogen (secondary N) is 1. The number of hydrogen-bond donors (Lipinski definition) is 2. The summed E-state index contributed by atoms with van der Waals surface area (Å²) in [7, 11) is 3.11. The molecule has 2 amide bonds. The van der Waals surface area contributed by atoms with Gasteiger partial charge in [0, 0.05) is 32.3 Å². The van der Waals surface area contributed by atoms with E-state index in [9.17, 15) is 9.18 Å². The number of carbonyl (C=O) groups is 1. The molecule has 0 radical (unpaired) electrons. The predicted molar refractivity (Wildman–Crippen MR) is 110 cm³/mol. The first kappa shape index (κ1) is 21.0. The molecule has 3 atom stereocenters. The van der Waals surface area contributed by atoms with Gasteiger partial charge in [0.2, 0.25) is 0 Å². The fraction of sp³-hybridized carbons (Fsp3) is 0.550. The lowest BCUT2D eigenvalue weighted by atomic mass is 9.74. The molecule has 29 heavy (non-hydrogen) atoms. The minimum Gasteiger partial charge on any atom is -0.490 e. The smallest absolute Gasteiger partial charge is 0.322 e. The lowest BCUT2D eigenvalue weighted by molar-refractivity contribution is -0.00603. The number of amidine groups is 1. The number of urea groups is 1. The van der Waals surface area contributed by atoms with Crippen LogP contribution in [0, 0.1) is 11.7 Å². The molecule has 9 heteroatoms. The molecule has 0 saturated carbocycles. The molecule has 3 N–H and O–H groups in total. The third kappa shape index (κ3) is 4.67. The number of nitrogens with zero attached hydrogens (tertiary/aromatic N) is 3. The number of ether oxygens (including phenoxy) is 2. The Morgan fingerprint density at radius 1 is 1.34 bits per heavy atom. The Bertz CT molecular complexity index is 802. The molecule has 1 aromatic rings. The Hall–Kier alpha value is -2.68. The van der Waals surface area contributed by atoms with Crippen molar-refractivity contribution in [3.8, 4) is 5.75 Å². The number of nitrogens with two attached hydrogens (primary N) is 1. The second-order valence-electron chi connectivity index (χ2n) is 7.51. The highest BCUT2D eigenvalue weighted by Crippen LogP contribution is 2.41. The number of methoxy groups -OCH3 is 1. The van der Waals surface area contributed by atoms with Crippen molar-refractivity contribution in [3.63, 3.8) is 0 Å². The number of fused-ring (bicyclic) bond motifs is 2. The predicted octanol–water partition coefficient (Wildman–Crippen LogP) is 2.62. The van der Waals surface area contributed by atoms with E-state index in [-0.39, 0.29) is 42.0 Å². The normalized spacial score (nSPS) is 23.8. The summed E-state index contributed by atoms with van der Waals surface area (Å²) in [5.74, 6) is 0.336. The maximum atomic E-state index is 14.7. The second kappa shape index (κ2) is 9.21. The first-order chi connectivity index (χ1) is 13.9. The largest absolute Gasteiger partial charge is 0.490 e. The molecule has 158 valence electrons. The summed E-state index contributed by atoms with van der Waals surface area (Å²) in [4.78, 5) is 22.3. The molecule has 2 aliphatic rings. The summed E-state index contributed by atoms with van der Waals surface area (Å²) in [5.41, 5.74) is 6.43. The zero-order valence-corrected chi connectivity index (χ0v) is 17.0. The molecule has 2 fully saturated rings. The van der Waals surface area contributed by atoms with E-state index in [2.05, 4.69) is 22.2 Å². The highest BCUT2D eigenvalue weighted by Gasteiger charge is 2.46. The average molecular weight is 405 g/mol. The number of piperidine rings is 1. The van der Waals surface area contributed by atoms with Gasteiger partial charge >= 0.3 is 6.03 Å². The minimum atomic E-state index is -0.606. The van der Waals surface area contributed by atoms with Gasteiger partial charge in [0.05, 0.1) is 17.9 Å². The van der Waals surface area contributed by atoms with E-state index in [1.54, 1.807) is 14.2 Å². The van der Waals surface area contributed by atoms with Gasteiger partial charge in [-0.25, -0.2) is 14.2 Å². The van der Waals surface area contributed by atoms with E-state index < -0.39 is 5.82 Å². The van der Waals surface area contributed by atoms with Crippen LogP contribution in [0.5, 0.6) is 5.75 Å². The first-order valence-electron chi connectivity index (χ1n) is 9.73. The van der Waals surface area contributed by atoms with Gasteiger partial charge in [0.1, 0.15) is 24.5 Å². The first-order valence-corrected chi connectivity index (χ1v) is 9.73. The lowest BCUT2D eigenvalue weighted by Crippen LogP contribution is -2.63. The van der Waals surface area contributed by atoms with E-state index in [4.69, 9.17) is 15.2 Å². The maximum Gasteiger partial charge on any atom is 0.322 e. The Labute approximate surface area is 170 Å². The summed E-state index contributed by atoms with van der Waals surface area (Å²) in [6.45, 7) is 2.76. The second-order valence-corrected chi connectivity index (χ2v) is 7.51. The van der Waals surface area contributed by atoms with Crippen LogP contribution in [-0.2, 0) is 4.74 Å². The van der Waals surface area contributed by atoms with Crippen LogP contribution in [0.3, 0.4) is 0 Å². The van der Waals surface area contributed by atoms with Crippen LogP contribution in [0.15, 0.2) is 22.1 Å². The number of halogens is 1. The Balaban J connectivity index is 1.82. The Morgan fingerprint density at radius 2 is 2.07 bits per heavy atom. The topological polar surface area (TPSA) is 102 Å². The van der Waals surface area contributed by atoms with Gasteiger partial charge in [-0.15, -0.1) is 0 Å². The van der Waals surface area contributed by atoms with Gasteiger partial charge in [-0.3, -0.25) is 4.99 Å². The van der Waals surface area contributed by atoms with E-state index in [1.165, 1.54) is 18.5 Å². The van der Waals surface area contributed by atoms with Crippen molar-refractivity contribution in [2.24, 2.45) is 21.6 Å². The van der Waals surface area contributed by atoms with Crippen molar-refractivity contribution >= 4 is 23.9 Å². The molecule has 0 aromatic heterocycles. The SMILES string of the molecule is CN=CN=C(N)c1cc(NC(=O)N2C3CC(C)C[C@@H]2C3)c(F)cc1OCCOC. The van der Waals surface area contributed by atoms with Crippen LogP contribution >= 0.6 is 0 Å². The number of carbonyl (C=O) groups excluding carboxylic acids is 1. The van der Waals surface area contributed by atoms with Gasteiger partial charge in [-0.05, 0) is 31.2 Å². The summed E-state index contributed by atoms with van der Waals surface area (Å²) in [6, 6.07) is 2.81. The van der Waals surface area contributed by atoms with Crippen molar-refractivity contribution in [3.05, 3.63) is 23.5 Å². The summed E-state index contributed by atoms with van der Waals surface area (Å²) in [6.07, 6.45) is 4.28. The standard InChI is InChI=1S/C20H28FN5O3/c1-12-6-13-8-14(7-12)26(13)20(27)25-17-9-15(19(22)24-11-23-2)18(10-16(17)21)29-5-4-28-3/h9-14H,4-8H2,1-3H3,(H,25,27)(H2,22,23,24)/t12?,13-,14?/m1/s1. The highest BCUT2D eigenvalue weighted by atomic mass is 19.1. The summed E-state index contributed by atoms with van der Waals surface area (Å²) < 4.78 is 25.2. The minimum absolute atomic E-state index is 0.0358. The monoisotopic (exact) mass is 405 g/mol. The number of benzene rings is 1. The zero-order chi connectivity index (χ0) is 21.0. The average Bonchev–Trinajstić information content (AvgIpc) is 2.67. The summed E-state index contributed by atoms with van der Waals surface area (Å²) in [5, 5.41) is 2.69. The van der Waals surface area contributed by atoms with Gasteiger partial charge < -0.3 is 25.4 Å². The molecular formula is C20H28FN5O3. The lowest BCUT2D eigenvalue weighted by Gasteiger charge is -2.54. The number of rotatable bonds is 7. The Kier molecular flexibility index (Phi) is 6.68. The quantitative estimate of drug-likeness (QED) is 0.414. The van der Waals surface area contributed by atoms with Crippen molar-refractivity contribution in [2.45, 2.75) is 38.3 Å². The molecule has 1 aromatic carbocycles. The highest BCUT2D eigenvalue weighted by molar-refractivity contribution is 6.04. The third-order valence-electron chi connectivity index (χ3n) is 5.36. The number of amides is 2. The number of anilines is 1. The van der Waals surface area contributed by atoms with Gasteiger partial charge in [-0.1, -0.05) is 6.92 Å². The van der Waals surface area contributed by atoms with Crippen LogP contribution in [-0.4, -0.2) is 62.6 Å².